The standard InChI is InChI=1S/C20H30O3/c1-3-5-7-11-14-22-17-19(20(21)23-15-6-4-2)16-18-12-9-8-10-13-18/h8-10,12-13,16H,3-7,11,14-15,17H2,1-2H3. The molecule has 0 spiro atoms. The summed E-state index contributed by atoms with van der Waals surface area (Å²) in [5.74, 6) is -0.268. The van der Waals surface area contributed by atoms with E-state index in [9.17, 15) is 4.79 Å². The quantitative estimate of drug-likeness (QED) is 0.309. The molecule has 0 unspecified atom stereocenters. The van der Waals surface area contributed by atoms with E-state index < -0.39 is 0 Å². The van der Waals surface area contributed by atoms with Gasteiger partial charge in [0, 0.05) is 6.61 Å². The Morgan fingerprint density at radius 2 is 1.70 bits per heavy atom. The van der Waals surface area contributed by atoms with E-state index >= 15 is 0 Å². The third kappa shape index (κ3) is 9.19. The second-order valence-electron chi connectivity index (χ2n) is 5.68. The van der Waals surface area contributed by atoms with Gasteiger partial charge in [0.15, 0.2) is 0 Å². The molecule has 1 aromatic rings. The highest BCUT2D eigenvalue weighted by atomic mass is 16.5. The summed E-state index contributed by atoms with van der Waals surface area (Å²) in [4.78, 5) is 12.2. The number of esters is 1. The number of hydrogen-bond acceptors (Lipinski definition) is 3. The van der Waals surface area contributed by atoms with Crippen molar-refractivity contribution in [1.82, 2.24) is 0 Å². The van der Waals surface area contributed by atoms with Crippen molar-refractivity contribution in [3.8, 4) is 0 Å². The minimum absolute atomic E-state index is 0.268. The van der Waals surface area contributed by atoms with Gasteiger partial charge in [-0.15, -0.1) is 0 Å². The van der Waals surface area contributed by atoms with Gasteiger partial charge in [0.1, 0.15) is 0 Å². The molecule has 1 rings (SSSR count). The zero-order valence-electron chi connectivity index (χ0n) is 14.6. The van der Waals surface area contributed by atoms with Gasteiger partial charge in [0.25, 0.3) is 0 Å². The second kappa shape index (κ2) is 12.9. The van der Waals surface area contributed by atoms with Crippen molar-refractivity contribution in [3.63, 3.8) is 0 Å². The molecule has 0 saturated heterocycles. The van der Waals surface area contributed by atoms with Crippen molar-refractivity contribution in [2.75, 3.05) is 19.8 Å². The Bertz CT molecular complexity index is 451. The SMILES string of the molecule is CCCCCCOCC(=Cc1ccccc1)C(=O)OCCCC. The molecule has 0 radical (unpaired) electrons. The molecule has 23 heavy (non-hydrogen) atoms. The van der Waals surface area contributed by atoms with Gasteiger partial charge in [0.2, 0.25) is 0 Å². The minimum atomic E-state index is -0.268. The lowest BCUT2D eigenvalue weighted by atomic mass is 10.1. The fourth-order valence-electron chi connectivity index (χ4n) is 2.12. The normalized spacial score (nSPS) is 11.5. The topological polar surface area (TPSA) is 35.5 Å². The first-order valence-corrected chi connectivity index (χ1v) is 8.78. The molecule has 0 fully saturated rings. The molecule has 0 aliphatic carbocycles. The zero-order chi connectivity index (χ0) is 16.8. The predicted molar refractivity (Wildman–Crippen MR) is 95.2 cm³/mol. The maximum Gasteiger partial charge on any atom is 0.336 e. The molecular weight excluding hydrogens is 288 g/mol. The Morgan fingerprint density at radius 3 is 2.39 bits per heavy atom. The lowest BCUT2D eigenvalue weighted by Gasteiger charge is -2.09. The van der Waals surface area contributed by atoms with E-state index in [1.54, 1.807) is 0 Å². The average molecular weight is 318 g/mol. The van der Waals surface area contributed by atoms with E-state index in [2.05, 4.69) is 13.8 Å². The van der Waals surface area contributed by atoms with Crippen LogP contribution in [0.5, 0.6) is 0 Å². The Labute approximate surface area is 140 Å². The third-order valence-corrected chi connectivity index (χ3v) is 3.53. The molecule has 0 saturated carbocycles. The largest absolute Gasteiger partial charge is 0.462 e. The number of hydrogen-bond donors (Lipinski definition) is 0. The number of ether oxygens (including phenoxy) is 2. The number of carbonyl (C=O) groups excluding carboxylic acids is 1. The van der Waals surface area contributed by atoms with Gasteiger partial charge in [-0.1, -0.05) is 69.9 Å². The molecule has 3 heteroatoms. The van der Waals surface area contributed by atoms with Crippen molar-refractivity contribution >= 4 is 12.0 Å². The summed E-state index contributed by atoms with van der Waals surface area (Å²) in [7, 11) is 0. The molecule has 0 atom stereocenters. The van der Waals surface area contributed by atoms with E-state index in [1.165, 1.54) is 19.3 Å². The number of rotatable bonds is 12. The van der Waals surface area contributed by atoms with Crippen LogP contribution >= 0.6 is 0 Å². The first-order valence-electron chi connectivity index (χ1n) is 8.78. The maximum atomic E-state index is 12.2. The van der Waals surface area contributed by atoms with Gasteiger partial charge < -0.3 is 9.47 Å². The van der Waals surface area contributed by atoms with Crippen molar-refractivity contribution in [3.05, 3.63) is 41.5 Å². The van der Waals surface area contributed by atoms with Crippen LogP contribution in [0.25, 0.3) is 6.08 Å². The predicted octanol–water partition coefficient (Wildman–Crippen LogP) is 5.01. The first kappa shape index (κ1) is 19.4. The Balaban J connectivity index is 2.54. The van der Waals surface area contributed by atoms with Gasteiger partial charge >= 0.3 is 5.97 Å². The summed E-state index contributed by atoms with van der Waals surface area (Å²) in [5.41, 5.74) is 1.58. The van der Waals surface area contributed by atoms with Crippen LogP contribution in [-0.4, -0.2) is 25.8 Å². The van der Waals surface area contributed by atoms with Crippen LogP contribution in [0, 0.1) is 0 Å². The van der Waals surface area contributed by atoms with Crippen LogP contribution < -0.4 is 0 Å². The lowest BCUT2D eigenvalue weighted by Crippen LogP contribution is -2.14. The maximum absolute atomic E-state index is 12.2. The average Bonchev–Trinajstić information content (AvgIpc) is 2.58. The number of carbonyl (C=O) groups is 1. The van der Waals surface area contributed by atoms with Crippen LogP contribution in [0.4, 0.5) is 0 Å². The summed E-state index contributed by atoms with van der Waals surface area (Å²) in [6.07, 6.45) is 8.42. The highest BCUT2D eigenvalue weighted by molar-refractivity contribution is 5.94. The molecule has 3 nitrogen and oxygen atoms in total. The molecule has 0 aliphatic rings. The summed E-state index contributed by atoms with van der Waals surface area (Å²) in [6.45, 7) is 5.74. The van der Waals surface area contributed by atoms with Crippen LogP contribution in [-0.2, 0) is 14.3 Å². The smallest absolute Gasteiger partial charge is 0.336 e. The van der Waals surface area contributed by atoms with E-state index in [-0.39, 0.29) is 5.97 Å². The van der Waals surface area contributed by atoms with E-state index in [1.807, 2.05) is 36.4 Å². The van der Waals surface area contributed by atoms with Crippen molar-refractivity contribution in [2.24, 2.45) is 0 Å². The molecule has 0 N–H and O–H groups in total. The van der Waals surface area contributed by atoms with Crippen LogP contribution in [0.3, 0.4) is 0 Å². The summed E-state index contributed by atoms with van der Waals surface area (Å²) in [5, 5.41) is 0. The summed E-state index contributed by atoms with van der Waals surface area (Å²) < 4.78 is 11.0. The first-order chi connectivity index (χ1) is 11.3. The second-order valence-corrected chi connectivity index (χ2v) is 5.68. The molecular formula is C20H30O3. The fourth-order valence-corrected chi connectivity index (χ4v) is 2.12. The highest BCUT2D eigenvalue weighted by Gasteiger charge is 2.11. The molecule has 0 bridgehead atoms. The summed E-state index contributed by atoms with van der Waals surface area (Å²) in [6, 6.07) is 9.82. The van der Waals surface area contributed by atoms with Gasteiger partial charge in [-0.2, -0.15) is 0 Å². The van der Waals surface area contributed by atoms with Crippen LogP contribution in [0.15, 0.2) is 35.9 Å². The number of benzene rings is 1. The van der Waals surface area contributed by atoms with Crippen molar-refractivity contribution in [2.45, 2.75) is 52.4 Å². The van der Waals surface area contributed by atoms with E-state index in [4.69, 9.17) is 9.47 Å². The van der Waals surface area contributed by atoms with E-state index in [0.29, 0.717) is 25.4 Å². The monoisotopic (exact) mass is 318 g/mol. The van der Waals surface area contributed by atoms with Gasteiger partial charge in [0.05, 0.1) is 18.8 Å². The fraction of sp³-hybridized carbons (Fsp3) is 0.550. The highest BCUT2D eigenvalue weighted by Crippen LogP contribution is 2.10. The van der Waals surface area contributed by atoms with Gasteiger partial charge in [-0.25, -0.2) is 4.79 Å². The van der Waals surface area contributed by atoms with Crippen molar-refractivity contribution < 1.29 is 14.3 Å². The number of unbranched alkanes of at least 4 members (excludes halogenated alkanes) is 4. The van der Waals surface area contributed by atoms with Gasteiger partial charge in [-0.05, 0) is 24.5 Å². The lowest BCUT2D eigenvalue weighted by molar-refractivity contribution is -0.139. The molecule has 128 valence electrons. The van der Waals surface area contributed by atoms with E-state index in [0.717, 1.165) is 24.8 Å². The molecule has 0 aromatic heterocycles. The Morgan fingerprint density at radius 1 is 0.957 bits per heavy atom. The van der Waals surface area contributed by atoms with Crippen molar-refractivity contribution in [1.29, 1.82) is 0 Å². The zero-order valence-corrected chi connectivity index (χ0v) is 14.6. The van der Waals surface area contributed by atoms with Gasteiger partial charge in [-0.3, -0.25) is 0 Å². The van der Waals surface area contributed by atoms with Crippen LogP contribution in [0.2, 0.25) is 0 Å². The molecule has 0 aliphatic heterocycles. The Hall–Kier alpha value is -1.61. The Kier molecular flexibility index (Phi) is 10.9. The molecule has 1 aromatic carbocycles. The molecule has 0 heterocycles. The molecule has 0 amide bonds. The third-order valence-electron chi connectivity index (χ3n) is 3.53. The minimum Gasteiger partial charge on any atom is -0.462 e. The van der Waals surface area contributed by atoms with Crippen LogP contribution in [0.1, 0.15) is 57.9 Å². The summed E-state index contributed by atoms with van der Waals surface area (Å²) >= 11 is 0.